The number of benzene rings is 1. The van der Waals surface area contributed by atoms with E-state index < -0.39 is 59.6 Å². The lowest BCUT2D eigenvalue weighted by molar-refractivity contribution is -0.125. The van der Waals surface area contributed by atoms with Gasteiger partial charge in [0.25, 0.3) is 19.7 Å². The lowest BCUT2D eigenvalue weighted by atomic mass is 10.0. The standard InChI is InChI=1S/C16H19F6NO5S2/c1-3-10(2)14(24)23-12(11-7-5-4-6-8-11)9-13(29(25,26)15(17,18)19)30(27,28)16(20,21)22/h4-8,10,12-13H,3,9H2,1-2H3,(H,23,24). The average Bonchev–Trinajstić information content (AvgIpc) is 2.62. The number of carbonyl (C=O) groups excluding carboxylic acids is 1. The molecule has 0 spiro atoms. The zero-order valence-electron chi connectivity index (χ0n) is 15.7. The van der Waals surface area contributed by atoms with Crippen molar-refractivity contribution in [2.45, 2.75) is 48.3 Å². The summed E-state index contributed by atoms with van der Waals surface area (Å²) in [5.41, 5.74) is -12.6. The summed E-state index contributed by atoms with van der Waals surface area (Å²) < 4.78 is 121. The fourth-order valence-corrected chi connectivity index (χ4v) is 5.85. The van der Waals surface area contributed by atoms with Crippen LogP contribution in [0.25, 0.3) is 0 Å². The van der Waals surface area contributed by atoms with Crippen molar-refractivity contribution in [3.05, 3.63) is 35.9 Å². The van der Waals surface area contributed by atoms with Crippen LogP contribution >= 0.6 is 0 Å². The van der Waals surface area contributed by atoms with Crippen LogP contribution in [-0.4, -0.2) is 38.3 Å². The predicted octanol–water partition coefficient (Wildman–Crippen LogP) is 3.48. The summed E-state index contributed by atoms with van der Waals surface area (Å²) in [7, 11) is -13.6. The topological polar surface area (TPSA) is 97.4 Å². The quantitative estimate of drug-likeness (QED) is 0.571. The number of alkyl halides is 6. The fourth-order valence-electron chi connectivity index (χ4n) is 2.37. The molecule has 30 heavy (non-hydrogen) atoms. The molecule has 1 N–H and O–H groups in total. The smallest absolute Gasteiger partial charge is 0.349 e. The summed E-state index contributed by atoms with van der Waals surface area (Å²) in [5.74, 6) is -1.51. The van der Waals surface area contributed by atoms with Crippen molar-refractivity contribution in [1.29, 1.82) is 0 Å². The number of nitrogens with one attached hydrogen (secondary N) is 1. The van der Waals surface area contributed by atoms with Gasteiger partial charge in [0.05, 0.1) is 6.04 Å². The second kappa shape index (κ2) is 9.12. The Bertz CT molecular complexity index is 899. The molecule has 0 fully saturated rings. The molecular formula is C16H19F6NO5S2. The number of amides is 1. The minimum atomic E-state index is -6.80. The molecule has 172 valence electrons. The van der Waals surface area contributed by atoms with Crippen LogP contribution in [0.2, 0.25) is 0 Å². The van der Waals surface area contributed by atoms with E-state index in [4.69, 9.17) is 0 Å². The van der Waals surface area contributed by atoms with E-state index in [2.05, 4.69) is 5.32 Å². The Balaban J connectivity index is 3.59. The summed E-state index contributed by atoms with van der Waals surface area (Å²) in [6.45, 7) is 3.01. The number of sulfone groups is 2. The van der Waals surface area contributed by atoms with E-state index in [-0.39, 0.29) is 12.0 Å². The van der Waals surface area contributed by atoms with Gasteiger partial charge < -0.3 is 5.32 Å². The molecule has 0 saturated carbocycles. The van der Waals surface area contributed by atoms with E-state index in [9.17, 15) is 48.0 Å². The molecule has 0 aliphatic carbocycles. The van der Waals surface area contributed by atoms with Gasteiger partial charge in [-0.1, -0.05) is 44.2 Å². The van der Waals surface area contributed by atoms with E-state index in [1.54, 1.807) is 6.92 Å². The van der Waals surface area contributed by atoms with Crippen molar-refractivity contribution >= 4 is 25.6 Å². The minimum Gasteiger partial charge on any atom is -0.349 e. The molecule has 1 rings (SSSR count). The molecule has 0 radical (unpaired) electrons. The number of rotatable bonds is 8. The summed E-state index contributed by atoms with van der Waals surface area (Å²) in [6.07, 6.45) is -1.42. The molecule has 0 heterocycles. The van der Waals surface area contributed by atoms with Gasteiger partial charge in [0.1, 0.15) is 0 Å². The van der Waals surface area contributed by atoms with E-state index in [1.807, 2.05) is 0 Å². The Morgan fingerprint density at radius 1 is 0.933 bits per heavy atom. The first-order valence-electron chi connectivity index (χ1n) is 8.42. The molecule has 0 aromatic heterocycles. The first kappa shape index (κ1) is 26.2. The normalized spacial score (nSPS) is 15.6. The SMILES string of the molecule is CCC(C)C(=O)NC(CC(S(=O)(=O)C(F)(F)F)S(=O)(=O)C(F)(F)F)c1ccccc1. The highest BCUT2D eigenvalue weighted by Crippen LogP contribution is 2.40. The molecule has 0 aliphatic heterocycles. The fraction of sp³-hybridized carbons (Fsp3) is 0.562. The monoisotopic (exact) mass is 483 g/mol. The first-order chi connectivity index (χ1) is 13.5. The molecule has 1 aromatic carbocycles. The van der Waals surface area contributed by atoms with Crippen LogP contribution in [0.15, 0.2) is 30.3 Å². The van der Waals surface area contributed by atoms with Crippen LogP contribution < -0.4 is 5.32 Å². The van der Waals surface area contributed by atoms with Crippen molar-refractivity contribution in [2.75, 3.05) is 0 Å². The molecule has 2 atom stereocenters. The van der Waals surface area contributed by atoms with Crippen molar-refractivity contribution in [1.82, 2.24) is 5.32 Å². The third kappa shape index (κ3) is 5.65. The third-order valence-corrected chi connectivity index (χ3v) is 8.92. The highest BCUT2D eigenvalue weighted by Gasteiger charge is 2.63. The second-order valence-electron chi connectivity index (χ2n) is 6.43. The van der Waals surface area contributed by atoms with Crippen LogP contribution in [0.5, 0.6) is 0 Å². The van der Waals surface area contributed by atoms with Crippen molar-refractivity contribution in [3.63, 3.8) is 0 Å². The van der Waals surface area contributed by atoms with E-state index >= 15 is 0 Å². The number of hydrogen-bond acceptors (Lipinski definition) is 5. The average molecular weight is 483 g/mol. The molecule has 14 heteroatoms. The Labute approximate surface area is 169 Å². The van der Waals surface area contributed by atoms with Crippen molar-refractivity contribution in [3.8, 4) is 0 Å². The number of carbonyl (C=O) groups is 1. The van der Waals surface area contributed by atoms with Gasteiger partial charge in [0, 0.05) is 12.3 Å². The van der Waals surface area contributed by atoms with E-state index in [0.717, 1.165) is 0 Å². The van der Waals surface area contributed by atoms with E-state index in [0.29, 0.717) is 0 Å². The van der Waals surface area contributed by atoms with Gasteiger partial charge in [0.15, 0.2) is 4.58 Å². The summed E-state index contributed by atoms with van der Waals surface area (Å²) >= 11 is 0. The van der Waals surface area contributed by atoms with Gasteiger partial charge in [-0.25, -0.2) is 16.8 Å². The summed E-state index contributed by atoms with van der Waals surface area (Å²) in [5, 5.41) is 2.16. The predicted molar refractivity (Wildman–Crippen MR) is 95.1 cm³/mol. The number of hydrogen-bond donors (Lipinski definition) is 1. The zero-order chi connectivity index (χ0) is 23.5. The lowest BCUT2D eigenvalue weighted by Gasteiger charge is -2.27. The zero-order valence-corrected chi connectivity index (χ0v) is 17.3. The highest BCUT2D eigenvalue weighted by molar-refractivity contribution is 8.09. The second-order valence-corrected chi connectivity index (χ2v) is 11.0. The van der Waals surface area contributed by atoms with Gasteiger partial charge in [-0.15, -0.1) is 0 Å². The minimum absolute atomic E-state index is 0.0612. The maximum Gasteiger partial charge on any atom is 0.498 e. The Morgan fingerprint density at radius 3 is 1.73 bits per heavy atom. The van der Waals surface area contributed by atoms with Gasteiger partial charge in [-0.2, -0.15) is 26.3 Å². The van der Waals surface area contributed by atoms with E-state index in [1.165, 1.54) is 37.3 Å². The van der Waals surface area contributed by atoms with Crippen LogP contribution in [0, 0.1) is 5.92 Å². The Hall–Kier alpha value is -1.83. The Kier molecular flexibility index (Phi) is 7.97. The molecule has 0 saturated heterocycles. The summed E-state index contributed by atoms with van der Waals surface area (Å²) in [6, 6.07) is 4.80. The molecule has 0 bridgehead atoms. The van der Waals surface area contributed by atoms with Crippen LogP contribution in [-0.2, 0) is 24.5 Å². The lowest BCUT2D eigenvalue weighted by Crippen LogP contribution is -2.47. The molecule has 6 nitrogen and oxygen atoms in total. The van der Waals surface area contributed by atoms with Crippen LogP contribution in [0.3, 0.4) is 0 Å². The van der Waals surface area contributed by atoms with Gasteiger partial charge in [-0.3, -0.25) is 4.79 Å². The molecule has 1 aromatic rings. The van der Waals surface area contributed by atoms with Gasteiger partial charge in [0.2, 0.25) is 5.91 Å². The summed E-state index contributed by atoms with van der Waals surface area (Å²) in [4.78, 5) is 12.2. The maximum absolute atomic E-state index is 13.0. The molecule has 2 unspecified atom stereocenters. The van der Waals surface area contributed by atoms with Gasteiger partial charge >= 0.3 is 11.0 Å². The molecule has 1 amide bonds. The van der Waals surface area contributed by atoms with Crippen molar-refractivity contribution in [2.24, 2.45) is 5.92 Å². The largest absolute Gasteiger partial charge is 0.498 e. The maximum atomic E-state index is 13.0. The Morgan fingerprint density at radius 2 is 1.37 bits per heavy atom. The molecular weight excluding hydrogens is 464 g/mol. The van der Waals surface area contributed by atoms with Gasteiger partial charge in [-0.05, 0) is 12.0 Å². The van der Waals surface area contributed by atoms with Crippen LogP contribution in [0.4, 0.5) is 26.3 Å². The van der Waals surface area contributed by atoms with Crippen molar-refractivity contribution < 1.29 is 48.0 Å². The first-order valence-corrected chi connectivity index (χ1v) is 11.5. The van der Waals surface area contributed by atoms with Crippen LogP contribution in [0.1, 0.15) is 38.3 Å². The third-order valence-electron chi connectivity index (χ3n) is 4.34. The number of halogens is 6. The molecule has 0 aliphatic rings. The highest BCUT2D eigenvalue weighted by atomic mass is 32.3.